The second-order valence-electron chi connectivity index (χ2n) is 5.12. The molecule has 0 amide bonds. The molecule has 0 aromatic heterocycles. The Morgan fingerprint density at radius 3 is 2.28 bits per heavy atom. The first kappa shape index (κ1) is 18.3. The summed E-state index contributed by atoms with van der Waals surface area (Å²) in [5.41, 5.74) is 1.30. The van der Waals surface area contributed by atoms with E-state index in [0.29, 0.717) is 17.0 Å². The molecule has 0 aliphatic carbocycles. The number of nitriles is 1. The molecule has 4 nitrogen and oxygen atoms in total. The zero-order chi connectivity index (χ0) is 18.3. The van der Waals surface area contributed by atoms with E-state index >= 15 is 0 Å². The van der Waals surface area contributed by atoms with Crippen LogP contribution < -0.4 is 4.74 Å². The van der Waals surface area contributed by atoms with Gasteiger partial charge in [-0.25, -0.2) is 0 Å². The molecule has 0 heterocycles. The molecule has 7 heteroatoms. The van der Waals surface area contributed by atoms with Gasteiger partial charge < -0.3 is 9.57 Å². The lowest BCUT2D eigenvalue weighted by Crippen LogP contribution is -2.04. The van der Waals surface area contributed by atoms with E-state index in [4.69, 9.17) is 14.8 Å². The van der Waals surface area contributed by atoms with Crippen LogP contribution in [-0.2, 0) is 17.6 Å². The fourth-order valence-electron chi connectivity index (χ4n) is 1.95. The van der Waals surface area contributed by atoms with Gasteiger partial charge in [0.15, 0.2) is 6.61 Å². The van der Waals surface area contributed by atoms with Crippen molar-refractivity contribution in [3.05, 3.63) is 65.2 Å². The van der Waals surface area contributed by atoms with Gasteiger partial charge in [0.05, 0.1) is 11.3 Å². The molecule has 0 spiro atoms. The molecule has 0 saturated heterocycles. The van der Waals surface area contributed by atoms with E-state index in [-0.39, 0.29) is 13.2 Å². The van der Waals surface area contributed by atoms with Gasteiger partial charge in [0, 0.05) is 0 Å². The van der Waals surface area contributed by atoms with Crippen LogP contribution in [0.5, 0.6) is 5.75 Å². The van der Waals surface area contributed by atoms with Gasteiger partial charge in [-0.3, -0.25) is 0 Å². The van der Waals surface area contributed by atoms with Crippen molar-refractivity contribution in [2.24, 2.45) is 5.16 Å². The van der Waals surface area contributed by atoms with Gasteiger partial charge in [-0.15, -0.1) is 0 Å². The molecular weight excluding hydrogens is 333 g/mol. The third-order valence-electron chi connectivity index (χ3n) is 3.29. The van der Waals surface area contributed by atoms with Gasteiger partial charge in [0.25, 0.3) is 0 Å². The lowest BCUT2D eigenvalue weighted by Gasteiger charge is -2.07. The molecule has 2 rings (SSSR count). The van der Waals surface area contributed by atoms with Crippen LogP contribution in [0, 0.1) is 11.3 Å². The Hall–Kier alpha value is -3.01. The number of ether oxygens (including phenoxy) is 1. The van der Waals surface area contributed by atoms with Gasteiger partial charge >= 0.3 is 6.18 Å². The van der Waals surface area contributed by atoms with Crippen LogP contribution in [0.2, 0.25) is 0 Å². The standard InChI is InChI=1S/C18H15F3N2O2/c1-13(15-4-8-17(9-5-15)24-11-10-22)23-25-12-14-2-6-16(7-3-14)18(19,20)21/h2-9H,11-12H2,1H3. The minimum Gasteiger partial charge on any atom is -0.479 e. The Morgan fingerprint density at radius 2 is 1.72 bits per heavy atom. The van der Waals surface area contributed by atoms with Gasteiger partial charge in [0.2, 0.25) is 0 Å². The number of halogens is 3. The van der Waals surface area contributed by atoms with Crippen LogP contribution in [0.15, 0.2) is 53.7 Å². The Kier molecular flexibility index (Phi) is 6.01. The van der Waals surface area contributed by atoms with Gasteiger partial charge in [0.1, 0.15) is 18.4 Å². The molecule has 2 aromatic carbocycles. The van der Waals surface area contributed by atoms with E-state index in [2.05, 4.69) is 5.16 Å². The Bertz CT molecular complexity index is 761. The van der Waals surface area contributed by atoms with Crippen molar-refractivity contribution in [1.82, 2.24) is 0 Å². The van der Waals surface area contributed by atoms with Crippen molar-refractivity contribution >= 4 is 5.71 Å². The number of rotatable bonds is 6. The Labute approximate surface area is 143 Å². The van der Waals surface area contributed by atoms with Crippen molar-refractivity contribution in [2.75, 3.05) is 6.61 Å². The Morgan fingerprint density at radius 1 is 1.08 bits per heavy atom. The van der Waals surface area contributed by atoms with E-state index in [9.17, 15) is 13.2 Å². The highest BCUT2D eigenvalue weighted by Gasteiger charge is 2.29. The fraction of sp³-hybridized carbons (Fsp3) is 0.222. The normalized spacial score (nSPS) is 11.7. The van der Waals surface area contributed by atoms with Crippen LogP contribution in [0.4, 0.5) is 13.2 Å². The summed E-state index contributed by atoms with van der Waals surface area (Å²) < 4.78 is 42.6. The highest BCUT2D eigenvalue weighted by atomic mass is 19.4. The highest BCUT2D eigenvalue weighted by Crippen LogP contribution is 2.29. The third-order valence-corrected chi connectivity index (χ3v) is 3.29. The quantitative estimate of drug-likeness (QED) is 0.568. The first-order chi connectivity index (χ1) is 11.9. The average molecular weight is 348 g/mol. The minimum absolute atomic E-state index is 0.0251. The van der Waals surface area contributed by atoms with E-state index in [1.54, 1.807) is 31.2 Å². The molecule has 0 aliphatic rings. The second kappa shape index (κ2) is 8.20. The number of benzene rings is 2. The lowest BCUT2D eigenvalue weighted by atomic mass is 10.1. The molecule has 25 heavy (non-hydrogen) atoms. The van der Waals surface area contributed by atoms with E-state index in [1.807, 2.05) is 6.07 Å². The summed E-state index contributed by atoms with van der Waals surface area (Å²) >= 11 is 0. The second-order valence-corrected chi connectivity index (χ2v) is 5.12. The number of alkyl halides is 3. The van der Waals surface area contributed by atoms with Crippen LogP contribution in [0.1, 0.15) is 23.6 Å². The summed E-state index contributed by atoms with van der Waals surface area (Å²) in [7, 11) is 0. The molecule has 0 aliphatic heterocycles. The SMILES string of the molecule is CC(=NOCc1ccc(C(F)(F)F)cc1)c1ccc(OCC#N)cc1. The number of nitrogens with zero attached hydrogens (tertiary/aromatic N) is 2. The highest BCUT2D eigenvalue weighted by molar-refractivity contribution is 5.98. The topological polar surface area (TPSA) is 54.6 Å². The first-order valence-electron chi connectivity index (χ1n) is 7.33. The Balaban J connectivity index is 1.92. The maximum Gasteiger partial charge on any atom is 0.416 e. The fourth-order valence-corrected chi connectivity index (χ4v) is 1.95. The van der Waals surface area contributed by atoms with Crippen molar-refractivity contribution in [1.29, 1.82) is 5.26 Å². The number of hydrogen-bond donors (Lipinski definition) is 0. The van der Waals surface area contributed by atoms with Gasteiger partial charge in [-0.05, 0) is 54.4 Å². The van der Waals surface area contributed by atoms with Crippen molar-refractivity contribution in [3.8, 4) is 11.8 Å². The molecule has 0 atom stereocenters. The summed E-state index contributed by atoms with van der Waals surface area (Å²) in [5, 5.41) is 12.4. The molecule has 130 valence electrons. The number of oxime groups is 1. The molecule has 0 N–H and O–H groups in total. The molecule has 0 saturated carbocycles. The molecule has 2 aromatic rings. The van der Waals surface area contributed by atoms with Crippen LogP contribution in [0.3, 0.4) is 0 Å². The van der Waals surface area contributed by atoms with Crippen molar-refractivity contribution < 1.29 is 22.7 Å². The van der Waals surface area contributed by atoms with E-state index in [1.165, 1.54) is 12.1 Å². The molecule has 0 unspecified atom stereocenters. The minimum atomic E-state index is -4.35. The predicted octanol–water partition coefficient (Wildman–Crippen LogP) is 4.55. The van der Waals surface area contributed by atoms with Gasteiger partial charge in [-0.2, -0.15) is 18.4 Å². The molecule has 0 bridgehead atoms. The van der Waals surface area contributed by atoms with Crippen LogP contribution >= 0.6 is 0 Å². The first-order valence-corrected chi connectivity index (χ1v) is 7.33. The van der Waals surface area contributed by atoms with Crippen molar-refractivity contribution in [3.63, 3.8) is 0 Å². The summed E-state index contributed by atoms with van der Waals surface area (Å²) in [6.45, 7) is 1.79. The maximum absolute atomic E-state index is 12.5. The zero-order valence-corrected chi connectivity index (χ0v) is 13.4. The summed E-state index contributed by atoms with van der Waals surface area (Å²) in [5.74, 6) is 0.573. The van der Waals surface area contributed by atoms with E-state index in [0.717, 1.165) is 17.7 Å². The molecule has 0 fully saturated rings. The smallest absolute Gasteiger partial charge is 0.416 e. The average Bonchev–Trinajstić information content (AvgIpc) is 2.60. The zero-order valence-electron chi connectivity index (χ0n) is 13.4. The number of hydrogen-bond acceptors (Lipinski definition) is 4. The lowest BCUT2D eigenvalue weighted by molar-refractivity contribution is -0.137. The summed E-state index contributed by atoms with van der Waals surface area (Å²) in [6, 6.07) is 13.6. The third kappa shape index (κ3) is 5.53. The largest absolute Gasteiger partial charge is 0.479 e. The summed E-state index contributed by atoms with van der Waals surface area (Å²) in [6.07, 6.45) is -4.35. The molecular formula is C18H15F3N2O2. The van der Waals surface area contributed by atoms with E-state index < -0.39 is 11.7 Å². The van der Waals surface area contributed by atoms with Crippen molar-refractivity contribution in [2.45, 2.75) is 19.7 Å². The molecule has 0 radical (unpaired) electrons. The monoisotopic (exact) mass is 348 g/mol. The van der Waals surface area contributed by atoms with Crippen LogP contribution in [-0.4, -0.2) is 12.3 Å². The maximum atomic E-state index is 12.5. The van der Waals surface area contributed by atoms with Crippen LogP contribution in [0.25, 0.3) is 0 Å². The predicted molar refractivity (Wildman–Crippen MR) is 86.0 cm³/mol. The van der Waals surface area contributed by atoms with Gasteiger partial charge in [-0.1, -0.05) is 17.3 Å². The summed E-state index contributed by atoms with van der Waals surface area (Å²) in [4.78, 5) is 5.19.